The highest BCUT2D eigenvalue weighted by atomic mass is 32.2. The number of fused-ring (bicyclic) bond motifs is 1. The molecule has 1 atom stereocenters. The molecular formula is C11H10N4S. The number of amidine groups is 1. The molecule has 0 fully saturated rings. The molecule has 0 amide bonds. The van der Waals surface area contributed by atoms with Gasteiger partial charge in [-0.25, -0.2) is 4.99 Å². The molecular weight excluding hydrogens is 220 g/mol. The maximum Gasteiger partial charge on any atom is 0.161 e. The molecule has 1 aromatic carbocycles. The van der Waals surface area contributed by atoms with Crippen molar-refractivity contribution in [3.8, 4) is 0 Å². The van der Waals surface area contributed by atoms with Crippen molar-refractivity contribution >= 4 is 28.8 Å². The van der Waals surface area contributed by atoms with Gasteiger partial charge in [0.05, 0.1) is 16.1 Å². The summed E-state index contributed by atoms with van der Waals surface area (Å²) in [5, 5.41) is 10.9. The standard InChI is InChI=1S/C11H10N4S/c12-10-7-4-2-1-3-6(7)8(15-10)9-11(13)14-5-16-9/h1-5,10,13,15H,12H2. The van der Waals surface area contributed by atoms with Crippen molar-refractivity contribution in [1.29, 1.82) is 5.41 Å². The Balaban J connectivity index is 2.17. The van der Waals surface area contributed by atoms with Gasteiger partial charge in [0.15, 0.2) is 5.84 Å². The largest absolute Gasteiger partial charge is 0.365 e. The summed E-state index contributed by atoms with van der Waals surface area (Å²) in [7, 11) is 0. The number of rotatable bonds is 0. The summed E-state index contributed by atoms with van der Waals surface area (Å²) < 4.78 is 0. The quantitative estimate of drug-likeness (QED) is 0.634. The van der Waals surface area contributed by atoms with Gasteiger partial charge < -0.3 is 11.1 Å². The molecule has 0 aliphatic carbocycles. The van der Waals surface area contributed by atoms with Crippen LogP contribution in [-0.2, 0) is 0 Å². The zero-order chi connectivity index (χ0) is 11.1. The van der Waals surface area contributed by atoms with Crippen LogP contribution in [0.4, 0.5) is 0 Å². The third kappa shape index (κ3) is 1.29. The summed E-state index contributed by atoms with van der Waals surface area (Å²) in [6.07, 6.45) is -0.187. The molecule has 4 nitrogen and oxygen atoms in total. The van der Waals surface area contributed by atoms with E-state index in [4.69, 9.17) is 11.1 Å². The third-order valence-electron chi connectivity index (χ3n) is 2.66. The molecule has 80 valence electrons. The highest BCUT2D eigenvalue weighted by molar-refractivity contribution is 8.16. The predicted molar refractivity (Wildman–Crippen MR) is 67.2 cm³/mol. The van der Waals surface area contributed by atoms with Gasteiger partial charge in [0, 0.05) is 5.56 Å². The number of hydrogen-bond acceptors (Lipinski definition) is 4. The van der Waals surface area contributed by atoms with E-state index in [1.54, 1.807) is 5.55 Å². The number of aliphatic imine (C=N–C) groups is 1. The fourth-order valence-electron chi connectivity index (χ4n) is 1.92. The topological polar surface area (TPSA) is 74.3 Å². The second kappa shape index (κ2) is 3.47. The third-order valence-corrected chi connectivity index (χ3v) is 3.50. The van der Waals surface area contributed by atoms with Gasteiger partial charge in [0.1, 0.15) is 6.17 Å². The minimum atomic E-state index is -0.187. The zero-order valence-corrected chi connectivity index (χ0v) is 9.21. The van der Waals surface area contributed by atoms with Gasteiger partial charge in [0.25, 0.3) is 0 Å². The smallest absolute Gasteiger partial charge is 0.161 e. The molecule has 5 heteroatoms. The minimum absolute atomic E-state index is 0.187. The van der Waals surface area contributed by atoms with Gasteiger partial charge in [-0.15, -0.1) is 0 Å². The molecule has 16 heavy (non-hydrogen) atoms. The maximum atomic E-state index is 7.72. The van der Waals surface area contributed by atoms with Gasteiger partial charge in [-0.2, -0.15) is 0 Å². The Morgan fingerprint density at radius 3 is 2.94 bits per heavy atom. The average Bonchev–Trinajstić information content (AvgIpc) is 2.84. The molecule has 1 aromatic rings. The first-order valence-electron chi connectivity index (χ1n) is 4.91. The molecule has 2 aliphatic rings. The van der Waals surface area contributed by atoms with Crippen molar-refractivity contribution in [3.05, 3.63) is 40.3 Å². The highest BCUT2D eigenvalue weighted by Crippen LogP contribution is 2.36. The van der Waals surface area contributed by atoms with Crippen molar-refractivity contribution in [3.63, 3.8) is 0 Å². The van der Waals surface area contributed by atoms with Crippen LogP contribution in [0.15, 0.2) is 34.2 Å². The first-order valence-corrected chi connectivity index (χ1v) is 5.79. The molecule has 0 saturated carbocycles. The van der Waals surface area contributed by atoms with Crippen molar-refractivity contribution in [1.82, 2.24) is 5.32 Å². The van der Waals surface area contributed by atoms with Crippen LogP contribution in [0.5, 0.6) is 0 Å². The average molecular weight is 230 g/mol. The lowest BCUT2D eigenvalue weighted by molar-refractivity contribution is 0.699. The Morgan fingerprint density at radius 2 is 2.19 bits per heavy atom. The molecule has 0 aromatic heterocycles. The van der Waals surface area contributed by atoms with E-state index in [9.17, 15) is 0 Å². The number of nitrogens with two attached hydrogens (primary N) is 1. The SMILES string of the molecule is N=C1N=CSC1=C1NC(N)c2ccccc21. The van der Waals surface area contributed by atoms with E-state index in [0.717, 1.165) is 21.7 Å². The Labute approximate surface area is 97.1 Å². The van der Waals surface area contributed by atoms with E-state index in [0.29, 0.717) is 5.84 Å². The van der Waals surface area contributed by atoms with E-state index >= 15 is 0 Å². The van der Waals surface area contributed by atoms with Crippen LogP contribution in [0, 0.1) is 5.41 Å². The zero-order valence-electron chi connectivity index (χ0n) is 8.40. The summed E-state index contributed by atoms with van der Waals surface area (Å²) in [5.74, 6) is 0.302. The van der Waals surface area contributed by atoms with Crippen molar-refractivity contribution < 1.29 is 0 Å². The van der Waals surface area contributed by atoms with Crippen LogP contribution in [0.3, 0.4) is 0 Å². The van der Waals surface area contributed by atoms with Gasteiger partial charge in [-0.1, -0.05) is 36.0 Å². The number of thioether (sulfide) groups is 1. The molecule has 2 heterocycles. The van der Waals surface area contributed by atoms with Crippen molar-refractivity contribution in [2.75, 3.05) is 0 Å². The second-order valence-corrected chi connectivity index (χ2v) is 4.47. The number of hydrogen-bond donors (Lipinski definition) is 3. The lowest BCUT2D eigenvalue weighted by atomic mass is 10.1. The summed E-state index contributed by atoms with van der Waals surface area (Å²) in [6.45, 7) is 0. The van der Waals surface area contributed by atoms with Gasteiger partial charge in [-0.3, -0.25) is 5.41 Å². The van der Waals surface area contributed by atoms with Gasteiger partial charge in [0.2, 0.25) is 0 Å². The maximum absolute atomic E-state index is 7.72. The number of benzene rings is 1. The molecule has 0 radical (unpaired) electrons. The van der Waals surface area contributed by atoms with Crippen LogP contribution in [-0.4, -0.2) is 11.4 Å². The van der Waals surface area contributed by atoms with Gasteiger partial charge in [-0.05, 0) is 5.56 Å². The first-order chi connectivity index (χ1) is 7.77. The Hall–Kier alpha value is -1.59. The number of nitrogens with zero attached hydrogens (tertiary/aromatic N) is 1. The van der Waals surface area contributed by atoms with Crippen molar-refractivity contribution in [2.45, 2.75) is 6.17 Å². The molecule has 1 unspecified atom stereocenters. The molecule has 3 rings (SSSR count). The highest BCUT2D eigenvalue weighted by Gasteiger charge is 2.27. The van der Waals surface area contributed by atoms with E-state index in [1.807, 2.05) is 24.3 Å². The fourth-order valence-corrected chi connectivity index (χ4v) is 2.63. The van der Waals surface area contributed by atoms with Crippen LogP contribution in [0.25, 0.3) is 5.70 Å². The fraction of sp³-hybridized carbons (Fsp3) is 0.0909. The van der Waals surface area contributed by atoms with Crippen LogP contribution < -0.4 is 11.1 Å². The number of nitrogens with one attached hydrogen (secondary N) is 2. The monoisotopic (exact) mass is 230 g/mol. The minimum Gasteiger partial charge on any atom is -0.365 e. The Morgan fingerprint density at radius 1 is 1.38 bits per heavy atom. The molecule has 0 bridgehead atoms. The lowest BCUT2D eigenvalue weighted by Crippen LogP contribution is -2.21. The first kappa shape index (κ1) is 9.62. The normalized spacial score (nSPS) is 27.1. The van der Waals surface area contributed by atoms with Crippen LogP contribution in [0.1, 0.15) is 17.3 Å². The lowest BCUT2D eigenvalue weighted by Gasteiger charge is -2.06. The Bertz CT molecular complexity index is 533. The summed E-state index contributed by atoms with van der Waals surface area (Å²) >= 11 is 1.46. The summed E-state index contributed by atoms with van der Waals surface area (Å²) in [6, 6.07) is 7.97. The molecule has 0 saturated heterocycles. The Kier molecular flexibility index (Phi) is 2.08. The second-order valence-electron chi connectivity index (χ2n) is 3.61. The van der Waals surface area contributed by atoms with Crippen molar-refractivity contribution in [2.24, 2.45) is 10.7 Å². The van der Waals surface area contributed by atoms with Crippen LogP contribution >= 0.6 is 11.8 Å². The van der Waals surface area contributed by atoms with E-state index in [2.05, 4.69) is 10.3 Å². The summed E-state index contributed by atoms with van der Waals surface area (Å²) in [5.41, 5.74) is 10.7. The molecule has 4 N–H and O–H groups in total. The van der Waals surface area contributed by atoms with E-state index in [-0.39, 0.29) is 6.17 Å². The molecule has 0 spiro atoms. The predicted octanol–water partition coefficient (Wildman–Crippen LogP) is 1.67. The van der Waals surface area contributed by atoms with E-state index < -0.39 is 0 Å². The summed E-state index contributed by atoms with van der Waals surface area (Å²) in [4.78, 5) is 4.79. The van der Waals surface area contributed by atoms with E-state index in [1.165, 1.54) is 11.8 Å². The van der Waals surface area contributed by atoms with Crippen LogP contribution in [0.2, 0.25) is 0 Å². The van der Waals surface area contributed by atoms with Gasteiger partial charge >= 0.3 is 0 Å². The molecule has 2 aliphatic heterocycles.